The van der Waals surface area contributed by atoms with Gasteiger partial charge in [0.1, 0.15) is 6.33 Å². The predicted molar refractivity (Wildman–Crippen MR) is 105 cm³/mol. The minimum atomic E-state index is -0.495. The van der Waals surface area contributed by atoms with Crippen molar-refractivity contribution in [1.82, 2.24) is 9.97 Å². The summed E-state index contributed by atoms with van der Waals surface area (Å²) in [4.78, 5) is 19.2. The molecule has 0 saturated heterocycles. The average Bonchev–Trinajstić information content (AvgIpc) is 2.60. The number of aryl methyl sites for hydroxylation is 2. The fourth-order valence-corrected chi connectivity index (χ4v) is 2.62. The Morgan fingerprint density at radius 3 is 2.08 bits per heavy atom. The molecule has 0 amide bonds. The van der Waals surface area contributed by atoms with Gasteiger partial charge in [-0.15, -0.1) is 0 Å². The van der Waals surface area contributed by atoms with Gasteiger partial charge in [0.05, 0.1) is 4.92 Å². The van der Waals surface area contributed by atoms with Gasteiger partial charge in [-0.1, -0.05) is 22.0 Å². The molecule has 132 valence electrons. The monoisotopic (exact) mass is 413 g/mol. The summed E-state index contributed by atoms with van der Waals surface area (Å²) in [6, 6.07) is 13.0. The molecule has 0 unspecified atom stereocenters. The highest BCUT2D eigenvalue weighted by molar-refractivity contribution is 9.10. The maximum absolute atomic E-state index is 11.6. The summed E-state index contributed by atoms with van der Waals surface area (Å²) in [5.41, 5.74) is 3.43. The molecule has 1 heterocycles. The molecule has 0 atom stereocenters. The molecule has 0 radical (unpaired) electrons. The van der Waals surface area contributed by atoms with Gasteiger partial charge in [-0.2, -0.15) is 0 Å². The van der Waals surface area contributed by atoms with E-state index in [-0.39, 0.29) is 17.3 Å². The maximum Gasteiger partial charge on any atom is 0.353 e. The van der Waals surface area contributed by atoms with E-state index < -0.39 is 4.92 Å². The second-order valence-electron chi connectivity index (χ2n) is 5.73. The molecule has 0 saturated carbocycles. The van der Waals surface area contributed by atoms with Crippen molar-refractivity contribution < 1.29 is 4.92 Å². The molecule has 0 aliphatic rings. The van der Waals surface area contributed by atoms with Crippen molar-refractivity contribution in [2.24, 2.45) is 0 Å². The van der Waals surface area contributed by atoms with Crippen molar-refractivity contribution in [1.29, 1.82) is 0 Å². The zero-order valence-electron chi connectivity index (χ0n) is 14.2. The SMILES string of the molecule is Cc1ccc(Nc2ncnc(Nc3ccc(Br)cc3)c2[N+](=O)[O-])cc1C. The van der Waals surface area contributed by atoms with Crippen molar-refractivity contribution in [2.45, 2.75) is 13.8 Å². The number of hydrogen-bond donors (Lipinski definition) is 2. The van der Waals surface area contributed by atoms with E-state index in [1.807, 2.05) is 44.2 Å². The Balaban J connectivity index is 1.96. The van der Waals surface area contributed by atoms with E-state index in [2.05, 4.69) is 36.5 Å². The number of halogens is 1. The molecule has 8 heteroatoms. The molecule has 0 spiro atoms. The number of nitro groups is 1. The summed E-state index contributed by atoms with van der Waals surface area (Å²) < 4.78 is 0.914. The van der Waals surface area contributed by atoms with E-state index in [0.29, 0.717) is 5.69 Å². The third kappa shape index (κ3) is 3.97. The largest absolute Gasteiger partial charge is 0.353 e. The quantitative estimate of drug-likeness (QED) is 0.438. The van der Waals surface area contributed by atoms with Crippen molar-refractivity contribution in [3.8, 4) is 0 Å². The highest BCUT2D eigenvalue weighted by atomic mass is 79.9. The van der Waals surface area contributed by atoms with Crippen LogP contribution in [0.4, 0.5) is 28.7 Å². The fraction of sp³-hybridized carbons (Fsp3) is 0.111. The smallest absolute Gasteiger partial charge is 0.334 e. The first kappa shape index (κ1) is 17.8. The standard InChI is InChI=1S/C18H16BrN5O2/c1-11-3-6-15(9-12(11)2)23-18-16(24(25)26)17(20-10-21-18)22-14-7-4-13(19)5-8-14/h3-10H,1-2H3,(H2,20,21,22,23). The number of nitrogens with zero attached hydrogens (tertiary/aromatic N) is 3. The molecule has 0 aliphatic carbocycles. The summed E-state index contributed by atoms with van der Waals surface area (Å²) in [5, 5.41) is 17.6. The normalized spacial score (nSPS) is 10.4. The van der Waals surface area contributed by atoms with Gasteiger partial charge in [0.15, 0.2) is 0 Å². The van der Waals surface area contributed by atoms with Crippen LogP contribution in [0.1, 0.15) is 11.1 Å². The van der Waals surface area contributed by atoms with Crippen LogP contribution in [0.5, 0.6) is 0 Å². The summed E-state index contributed by atoms with van der Waals surface area (Å²) in [6.45, 7) is 3.99. The van der Waals surface area contributed by atoms with E-state index in [1.165, 1.54) is 6.33 Å². The van der Waals surface area contributed by atoms with Gasteiger partial charge in [-0.05, 0) is 61.4 Å². The van der Waals surface area contributed by atoms with E-state index in [9.17, 15) is 10.1 Å². The first-order valence-corrected chi connectivity index (χ1v) is 8.59. The number of rotatable bonds is 5. The molecule has 0 aliphatic heterocycles. The summed E-state index contributed by atoms with van der Waals surface area (Å²) in [5.74, 6) is 0.256. The lowest BCUT2D eigenvalue weighted by Gasteiger charge is -2.11. The van der Waals surface area contributed by atoms with Gasteiger partial charge in [-0.3, -0.25) is 10.1 Å². The topological polar surface area (TPSA) is 93.0 Å². The van der Waals surface area contributed by atoms with E-state index in [1.54, 1.807) is 12.1 Å². The van der Waals surface area contributed by atoms with Crippen LogP contribution in [0.3, 0.4) is 0 Å². The Morgan fingerprint density at radius 2 is 1.50 bits per heavy atom. The highest BCUT2D eigenvalue weighted by Gasteiger charge is 2.23. The minimum absolute atomic E-state index is 0.124. The lowest BCUT2D eigenvalue weighted by atomic mass is 10.1. The number of benzene rings is 2. The van der Waals surface area contributed by atoms with Crippen molar-refractivity contribution in [2.75, 3.05) is 10.6 Å². The van der Waals surface area contributed by atoms with Crippen LogP contribution in [0.2, 0.25) is 0 Å². The van der Waals surface area contributed by atoms with Crippen LogP contribution in [-0.2, 0) is 0 Å². The lowest BCUT2D eigenvalue weighted by molar-refractivity contribution is -0.383. The highest BCUT2D eigenvalue weighted by Crippen LogP contribution is 2.33. The molecular formula is C18H16BrN5O2. The first-order chi connectivity index (χ1) is 12.4. The first-order valence-electron chi connectivity index (χ1n) is 7.80. The van der Waals surface area contributed by atoms with E-state index in [4.69, 9.17) is 0 Å². The van der Waals surface area contributed by atoms with Crippen LogP contribution in [-0.4, -0.2) is 14.9 Å². The van der Waals surface area contributed by atoms with Crippen LogP contribution in [0.15, 0.2) is 53.3 Å². The van der Waals surface area contributed by atoms with Gasteiger partial charge in [0, 0.05) is 15.8 Å². The van der Waals surface area contributed by atoms with Crippen molar-refractivity contribution in [3.05, 3.63) is 74.5 Å². The van der Waals surface area contributed by atoms with Crippen LogP contribution < -0.4 is 10.6 Å². The van der Waals surface area contributed by atoms with Crippen molar-refractivity contribution in [3.63, 3.8) is 0 Å². The molecule has 7 nitrogen and oxygen atoms in total. The molecule has 26 heavy (non-hydrogen) atoms. The fourth-order valence-electron chi connectivity index (χ4n) is 2.36. The zero-order chi connectivity index (χ0) is 18.7. The summed E-state index contributed by atoms with van der Waals surface area (Å²) in [7, 11) is 0. The zero-order valence-corrected chi connectivity index (χ0v) is 15.7. The molecule has 3 rings (SSSR count). The Morgan fingerprint density at radius 1 is 0.923 bits per heavy atom. The van der Waals surface area contributed by atoms with Gasteiger partial charge >= 0.3 is 5.69 Å². The number of nitrogens with one attached hydrogen (secondary N) is 2. The maximum atomic E-state index is 11.6. The second-order valence-corrected chi connectivity index (χ2v) is 6.65. The lowest BCUT2D eigenvalue weighted by Crippen LogP contribution is -2.05. The second kappa shape index (κ2) is 7.49. The van der Waals surface area contributed by atoms with E-state index in [0.717, 1.165) is 21.3 Å². The van der Waals surface area contributed by atoms with E-state index >= 15 is 0 Å². The van der Waals surface area contributed by atoms with Crippen LogP contribution in [0.25, 0.3) is 0 Å². The number of aromatic nitrogens is 2. The Kier molecular flexibility index (Phi) is 5.13. The predicted octanol–water partition coefficient (Wildman–Crippen LogP) is 5.25. The Labute approximate surface area is 158 Å². The third-order valence-corrected chi connectivity index (χ3v) is 4.41. The number of hydrogen-bond acceptors (Lipinski definition) is 6. The molecule has 1 aromatic heterocycles. The van der Waals surface area contributed by atoms with Gasteiger partial charge in [0.2, 0.25) is 11.6 Å². The van der Waals surface area contributed by atoms with Crippen LogP contribution >= 0.6 is 15.9 Å². The summed E-state index contributed by atoms with van der Waals surface area (Å²) in [6.07, 6.45) is 1.29. The van der Waals surface area contributed by atoms with Crippen molar-refractivity contribution >= 4 is 44.6 Å². The Hall–Kier alpha value is -3.00. The number of anilines is 4. The van der Waals surface area contributed by atoms with Gasteiger partial charge < -0.3 is 10.6 Å². The minimum Gasteiger partial charge on any atom is -0.334 e. The molecular weight excluding hydrogens is 398 g/mol. The third-order valence-electron chi connectivity index (χ3n) is 3.88. The van der Waals surface area contributed by atoms with Crippen LogP contribution in [0, 0.1) is 24.0 Å². The average molecular weight is 414 g/mol. The van der Waals surface area contributed by atoms with Gasteiger partial charge in [0.25, 0.3) is 0 Å². The molecule has 3 aromatic rings. The molecule has 0 fully saturated rings. The molecule has 0 bridgehead atoms. The molecule has 2 N–H and O–H groups in total. The van der Waals surface area contributed by atoms with Gasteiger partial charge in [-0.25, -0.2) is 9.97 Å². The Bertz CT molecular complexity index is 960. The summed E-state index contributed by atoms with van der Waals surface area (Å²) >= 11 is 3.36. The molecule has 2 aromatic carbocycles.